The van der Waals surface area contributed by atoms with Crippen molar-refractivity contribution < 1.29 is 9.53 Å². The number of amides is 1. The summed E-state index contributed by atoms with van der Waals surface area (Å²) in [5.41, 5.74) is 4.17. The fourth-order valence-corrected chi connectivity index (χ4v) is 4.74. The highest BCUT2D eigenvalue weighted by molar-refractivity contribution is 6.40. The highest BCUT2D eigenvalue weighted by Gasteiger charge is 2.31. The average Bonchev–Trinajstić information content (AvgIpc) is 2.75. The Hall–Kier alpha value is -2.87. The number of carbonyl (C=O) groups is 1. The number of carbonyl (C=O) groups excluding carboxylic acids is 1. The lowest BCUT2D eigenvalue weighted by atomic mass is 9.79. The van der Waals surface area contributed by atoms with E-state index in [1.165, 1.54) is 22.2 Å². The average molecular weight is 470 g/mol. The van der Waals surface area contributed by atoms with Crippen LogP contribution in [-0.2, 0) is 12.0 Å². The molecule has 32 heavy (non-hydrogen) atoms. The van der Waals surface area contributed by atoms with Crippen molar-refractivity contribution in [2.24, 2.45) is 0 Å². The third-order valence-corrected chi connectivity index (χ3v) is 6.35. The Bertz CT molecular complexity index is 1210. The van der Waals surface area contributed by atoms with Crippen LogP contribution in [-0.4, -0.2) is 29.2 Å². The van der Waals surface area contributed by atoms with Gasteiger partial charge in [-0.1, -0.05) is 49.2 Å². The van der Waals surface area contributed by atoms with Gasteiger partial charge >= 0.3 is 0 Å². The maximum absolute atomic E-state index is 13.0. The van der Waals surface area contributed by atoms with Crippen LogP contribution in [0.4, 0.5) is 17.3 Å². The van der Waals surface area contributed by atoms with Crippen molar-refractivity contribution in [1.29, 1.82) is 0 Å². The summed E-state index contributed by atoms with van der Waals surface area (Å²) in [5, 5.41) is 7.39. The number of para-hydroxylation sites is 1. The monoisotopic (exact) mass is 469 g/mol. The first-order valence-electron chi connectivity index (χ1n) is 10.2. The van der Waals surface area contributed by atoms with Crippen LogP contribution >= 0.6 is 23.2 Å². The van der Waals surface area contributed by atoms with Crippen LogP contribution in [0.25, 0.3) is 0 Å². The van der Waals surface area contributed by atoms with Crippen molar-refractivity contribution >= 4 is 46.4 Å². The number of hydrogen-bond donors (Lipinski definition) is 2. The number of halogens is 2. The first-order valence-corrected chi connectivity index (χ1v) is 11.0. The minimum absolute atomic E-state index is 0.0503. The molecule has 1 aromatic heterocycles. The lowest BCUT2D eigenvalue weighted by molar-refractivity contribution is 0.0932. The Morgan fingerprint density at radius 1 is 1.19 bits per heavy atom. The molecular weight excluding hydrogens is 449 g/mol. The number of anilines is 3. The Balaban J connectivity index is 1.40. The topological polar surface area (TPSA) is 79.4 Å². The molecule has 9 heteroatoms. The van der Waals surface area contributed by atoms with Gasteiger partial charge in [0.05, 0.1) is 15.7 Å². The molecule has 0 spiro atoms. The summed E-state index contributed by atoms with van der Waals surface area (Å²) in [4.78, 5) is 23.1. The molecule has 164 valence electrons. The summed E-state index contributed by atoms with van der Waals surface area (Å²) in [6.07, 6.45) is 1.45. The molecule has 2 aliphatic rings. The molecule has 0 saturated heterocycles. The molecule has 1 amide bonds. The molecule has 3 aromatic rings. The standard InChI is InChI=1S/C23H21Cl2N5O2/c1-23(2)11-26-9-13-8-14(6-7-16(13)23)28-22-27-10-15-20(29-22)32-12-30(21(15)31)19-17(24)4-3-5-18(19)25/h3-8,10,26H,9,11-12H2,1-2H3,(H,27,28,29). The zero-order valence-corrected chi connectivity index (χ0v) is 19.1. The minimum atomic E-state index is -0.324. The van der Waals surface area contributed by atoms with Crippen LogP contribution in [0.1, 0.15) is 35.3 Å². The van der Waals surface area contributed by atoms with E-state index in [2.05, 4.69) is 46.6 Å². The molecule has 0 radical (unpaired) electrons. The zero-order chi connectivity index (χ0) is 22.5. The number of nitrogens with zero attached hydrogens (tertiary/aromatic N) is 3. The predicted molar refractivity (Wildman–Crippen MR) is 125 cm³/mol. The van der Waals surface area contributed by atoms with Crippen molar-refractivity contribution in [2.45, 2.75) is 25.8 Å². The molecule has 5 rings (SSSR count). The third-order valence-electron chi connectivity index (χ3n) is 5.74. The van der Waals surface area contributed by atoms with E-state index in [1.54, 1.807) is 18.2 Å². The first kappa shape index (κ1) is 21.0. The van der Waals surface area contributed by atoms with Crippen molar-refractivity contribution in [3.8, 4) is 5.88 Å². The van der Waals surface area contributed by atoms with Gasteiger partial charge in [-0.15, -0.1) is 0 Å². The Morgan fingerprint density at radius 3 is 2.75 bits per heavy atom. The van der Waals surface area contributed by atoms with E-state index in [9.17, 15) is 4.79 Å². The smallest absolute Gasteiger partial charge is 0.268 e. The number of aromatic nitrogens is 2. The van der Waals surface area contributed by atoms with Crippen molar-refractivity contribution in [2.75, 3.05) is 23.5 Å². The van der Waals surface area contributed by atoms with Gasteiger partial charge in [0.2, 0.25) is 11.8 Å². The highest BCUT2D eigenvalue weighted by Crippen LogP contribution is 2.37. The van der Waals surface area contributed by atoms with Crippen LogP contribution < -0.4 is 20.3 Å². The number of nitrogens with one attached hydrogen (secondary N) is 2. The lowest BCUT2D eigenvalue weighted by Gasteiger charge is -2.33. The Labute approximate surface area is 195 Å². The third kappa shape index (κ3) is 3.66. The Kier molecular flexibility index (Phi) is 5.20. The summed E-state index contributed by atoms with van der Waals surface area (Å²) in [6.45, 7) is 6.17. The molecule has 2 N–H and O–H groups in total. The van der Waals surface area contributed by atoms with E-state index in [4.69, 9.17) is 27.9 Å². The van der Waals surface area contributed by atoms with Crippen molar-refractivity contribution in [1.82, 2.24) is 15.3 Å². The highest BCUT2D eigenvalue weighted by atomic mass is 35.5. The molecule has 7 nitrogen and oxygen atoms in total. The van der Waals surface area contributed by atoms with E-state index in [1.807, 2.05) is 6.07 Å². The quantitative estimate of drug-likeness (QED) is 0.567. The second kappa shape index (κ2) is 7.92. The van der Waals surface area contributed by atoms with Gasteiger partial charge in [-0.05, 0) is 35.4 Å². The van der Waals surface area contributed by atoms with Gasteiger partial charge in [0.1, 0.15) is 5.56 Å². The normalized spacial score (nSPS) is 16.8. The summed E-state index contributed by atoms with van der Waals surface area (Å²) in [7, 11) is 0. The number of benzene rings is 2. The molecule has 0 fully saturated rings. The minimum Gasteiger partial charge on any atom is -0.455 e. The molecule has 3 heterocycles. The van der Waals surface area contributed by atoms with Crippen LogP contribution in [0.15, 0.2) is 42.6 Å². The number of rotatable bonds is 3. The van der Waals surface area contributed by atoms with Gasteiger partial charge in [-0.2, -0.15) is 4.98 Å². The number of ether oxygens (including phenoxy) is 1. The molecule has 2 aliphatic heterocycles. The van der Waals surface area contributed by atoms with Gasteiger partial charge < -0.3 is 15.4 Å². The maximum atomic E-state index is 13.0. The first-order chi connectivity index (χ1) is 15.3. The van der Waals surface area contributed by atoms with Crippen LogP contribution in [0, 0.1) is 0 Å². The number of fused-ring (bicyclic) bond motifs is 2. The number of hydrogen-bond acceptors (Lipinski definition) is 6. The van der Waals surface area contributed by atoms with Gasteiger partial charge in [0, 0.05) is 30.4 Å². The summed E-state index contributed by atoms with van der Waals surface area (Å²) in [6, 6.07) is 11.3. The predicted octanol–water partition coefficient (Wildman–Crippen LogP) is 4.90. The Morgan fingerprint density at radius 2 is 1.97 bits per heavy atom. The van der Waals surface area contributed by atoms with Crippen LogP contribution in [0.2, 0.25) is 10.0 Å². The summed E-state index contributed by atoms with van der Waals surface area (Å²) in [5.74, 6) is 0.242. The molecular formula is C23H21Cl2N5O2. The van der Waals surface area contributed by atoms with Crippen LogP contribution in [0.5, 0.6) is 5.88 Å². The van der Waals surface area contributed by atoms with E-state index in [0.717, 1.165) is 18.8 Å². The molecule has 0 bridgehead atoms. The van der Waals surface area contributed by atoms with Crippen molar-refractivity contribution in [3.63, 3.8) is 0 Å². The second-order valence-electron chi connectivity index (χ2n) is 8.47. The summed E-state index contributed by atoms with van der Waals surface area (Å²) >= 11 is 12.5. The fourth-order valence-electron chi connectivity index (χ4n) is 4.14. The van der Waals surface area contributed by atoms with Gasteiger partial charge in [-0.3, -0.25) is 9.69 Å². The zero-order valence-electron chi connectivity index (χ0n) is 17.6. The van der Waals surface area contributed by atoms with Crippen LogP contribution in [0.3, 0.4) is 0 Å². The lowest BCUT2D eigenvalue weighted by Crippen LogP contribution is -2.39. The molecule has 2 aromatic carbocycles. The van der Waals surface area contributed by atoms with E-state index in [0.29, 0.717) is 21.7 Å². The van der Waals surface area contributed by atoms with E-state index < -0.39 is 0 Å². The fraction of sp³-hybridized carbons (Fsp3) is 0.261. The van der Waals surface area contributed by atoms with Crippen molar-refractivity contribution in [3.05, 3.63) is 69.3 Å². The van der Waals surface area contributed by atoms with Gasteiger partial charge in [-0.25, -0.2) is 4.98 Å². The molecule has 0 atom stereocenters. The largest absolute Gasteiger partial charge is 0.455 e. The molecule has 0 saturated carbocycles. The summed E-state index contributed by atoms with van der Waals surface area (Å²) < 4.78 is 5.75. The molecule has 0 aliphatic carbocycles. The van der Waals surface area contributed by atoms with Gasteiger partial charge in [0.15, 0.2) is 6.73 Å². The van der Waals surface area contributed by atoms with Gasteiger partial charge in [0.25, 0.3) is 5.91 Å². The second-order valence-corrected chi connectivity index (χ2v) is 9.29. The SMILES string of the molecule is CC1(C)CNCc2cc(Nc3ncc4c(n3)OCN(c3c(Cl)cccc3Cl)C4=O)ccc21. The van der Waals surface area contributed by atoms with E-state index >= 15 is 0 Å². The maximum Gasteiger partial charge on any atom is 0.268 e. The van der Waals surface area contributed by atoms with E-state index in [-0.39, 0.29) is 29.5 Å². The molecule has 0 unspecified atom stereocenters.